The summed E-state index contributed by atoms with van der Waals surface area (Å²) in [6.45, 7) is 4.15. The van der Waals surface area contributed by atoms with Gasteiger partial charge in [0, 0.05) is 5.56 Å². The van der Waals surface area contributed by atoms with Gasteiger partial charge in [0.1, 0.15) is 0 Å². The molecule has 2 aromatic heterocycles. The first-order valence-corrected chi connectivity index (χ1v) is 9.52. The first kappa shape index (κ1) is 15.5. The molecular weight excluding hydrogens is 336 g/mol. The lowest BCUT2D eigenvalue weighted by Gasteiger charge is -1.94. The molecule has 0 amide bonds. The molecule has 0 bridgehead atoms. The molecule has 0 saturated heterocycles. The van der Waals surface area contributed by atoms with Gasteiger partial charge in [-0.15, -0.1) is 10.2 Å². The van der Waals surface area contributed by atoms with Crippen LogP contribution in [0.3, 0.4) is 0 Å². The summed E-state index contributed by atoms with van der Waals surface area (Å²) < 4.78 is 7.21. The summed E-state index contributed by atoms with van der Waals surface area (Å²) in [5.41, 5.74) is 2.17. The molecule has 114 valence electrons. The Morgan fingerprint density at radius 2 is 1.82 bits per heavy atom. The van der Waals surface area contributed by atoms with Crippen molar-refractivity contribution in [3.63, 3.8) is 0 Å². The molecule has 0 saturated carbocycles. The molecule has 22 heavy (non-hydrogen) atoms. The molecule has 2 heterocycles. The Kier molecular flexibility index (Phi) is 5.12. The van der Waals surface area contributed by atoms with Gasteiger partial charge in [0.25, 0.3) is 0 Å². The van der Waals surface area contributed by atoms with Crippen molar-refractivity contribution in [2.75, 3.05) is 5.75 Å². The number of aryl methyl sites for hydroxylation is 1. The third kappa shape index (κ3) is 3.88. The topological polar surface area (TPSA) is 64.7 Å². The lowest BCUT2D eigenvalue weighted by Crippen LogP contribution is -1.83. The zero-order valence-corrected chi connectivity index (χ0v) is 14.6. The lowest BCUT2D eigenvalue weighted by atomic mass is 10.1. The molecule has 0 N–H and O–H groups in total. The highest BCUT2D eigenvalue weighted by Crippen LogP contribution is 2.30. The predicted octanol–water partition coefficient (Wildman–Crippen LogP) is 4.30. The maximum absolute atomic E-state index is 5.29. The Balaban J connectivity index is 1.62. The minimum atomic E-state index is 0.598. The molecule has 0 atom stereocenters. The third-order valence-corrected chi connectivity index (χ3v) is 5.81. The minimum Gasteiger partial charge on any atom is -0.338 e. The van der Waals surface area contributed by atoms with Crippen LogP contribution in [-0.4, -0.2) is 26.1 Å². The van der Waals surface area contributed by atoms with E-state index in [-0.39, 0.29) is 0 Å². The van der Waals surface area contributed by atoms with Crippen molar-refractivity contribution >= 4 is 34.9 Å². The van der Waals surface area contributed by atoms with Crippen LogP contribution in [0.1, 0.15) is 18.4 Å². The second-order valence-electron chi connectivity index (χ2n) is 4.43. The highest BCUT2D eigenvalue weighted by atomic mass is 32.2. The monoisotopic (exact) mass is 350 g/mol. The van der Waals surface area contributed by atoms with Crippen LogP contribution < -0.4 is 0 Å². The van der Waals surface area contributed by atoms with Gasteiger partial charge in [-0.1, -0.05) is 76.8 Å². The van der Waals surface area contributed by atoms with Gasteiger partial charge in [0.15, 0.2) is 8.68 Å². The third-order valence-electron chi connectivity index (χ3n) is 2.75. The molecule has 3 rings (SSSR count). The van der Waals surface area contributed by atoms with Crippen molar-refractivity contribution in [3.05, 3.63) is 35.7 Å². The predicted molar refractivity (Wildman–Crippen MR) is 90.3 cm³/mol. The van der Waals surface area contributed by atoms with Crippen LogP contribution in [0.5, 0.6) is 0 Å². The summed E-state index contributed by atoms with van der Waals surface area (Å²) in [5.74, 6) is 2.82. The average Bonchev–Trinajstić information content (AvgIpc) is 3.16. The zero-order chi connectivity index (χ0) is 15.4. The number of hydrogen-bond acceptors (Lipinski definition) is 8. The smallest absolute Gasteiger partial charge is 0.237 e. The van der Waals surface area contributed by atoms with Crippen molar-refractivity contribution in [1.29, 1.82) is 0 Å². The van der Waals surface area contributed by atoms with E-state index in [1.165, 1.54) is 5.56 Å². The van der Waals surface area contributed by atoms with Gasteiger partial charge in [0.05, 0.1) is 5.75 Å². The molecule has 0 aliphatic rings. The van der Waals surface area contributed by atoms with Gasteiger partial charge in [-0.3, -0.25) is 0 Å². The van der Waals surface area contributed by atoms with E-state index in [1.54, 1.807) is 34.9 Å². The van der Waals surface area contributed by atoms with Crippen molar-refractivity contribution in [2.45, 2.75) is 28.3 Å². The molecule has 0 unspecified atom stereocenters. The van der Waals surface area contributed by atoms with E-state index in [0.717, 1.165) is 20.0 Å². The highest BCUT2D eigenvalue weighted by Gasteiger charge is 2.11. The fourth-order valence-corrected chi connectivity index (χ4v) is 4.45. The van der Waals surface area contributed by atoms with Crippen LogP contribution in [0.2, 0.25) is 0 Å². The van der Waals surface area contributed by atoms with E-state index in [4.69, 9.17) is 4.52 Å². The van der Waals surface area contributed by atoms with Gasteiger partial charge in [0.2, 0.25) is 11.7 Å². The normalized spacial score (nSPS) is 11.0. The molecule has 0 fully saturated rings. The molecule has 0 radical (unpaired) electrons. The molecule has 5 nitrogen and oxygen atoms in total. The van der Waals surface area contributed by atoms with Crippen molar-refractivity contribution in [1.82, 2.24) is 20.3 Å². The second kappa shape index (κ2) is 7.26. The lowest BCUT2D eigenvalue weighted by molar-refractivity contribution is 0.391. The summed E-state index contributed by atoms with van der Waals surface area (Å²) in [6, 6.07) is 8.06. The number of hydrogen-bond donors (Lipinski definition) is 0. The van der Waals surface area contributed by atoms with Gasteiger partial charge in [-0.2, -0.15) is 4.98 Å². The zero-order valence-electron chi connectivity index (χ0n) is 12.1. The molecule has 3 aromatic rings. The number of benzene rings is 1. The Hall–Kier alpha value is -1.38. The summed E-state index contributed by atoms with van der Waals surface area (Å²) in [6.07, 6.45) is 0. The molecule has 8 heteroatoms. The first-order chi connectivity index (χ1) is 10.7. The van der Waals surface area contributed by atoms with Crippen molar-refractivity contribution < 1.29 is 4.52 Å². The van der Waals surface area contributed by atoms with Gasteiger partial charge >= 0.3 is 0 Å². The minimum absolute atomic E-state index is 0.598. The molecule has 0 spiro atoms. The van der Waals surface area contributed by atoms with E-state index < -0.39 is 0 Å². The maximum atomic E-state index is 5.29. The summed E-state index contributed by atoms with van der Waals surface area (Å²) >= 11 is 4.86. The summed E-state index contributed by atoms with van der Waals surface area (Å²) in [7, 11) is 0. The van der Waals surface area contributed by atoms with Gasteiger partial charge in [-0.25, -0.2) is 0 Å². The van der Waals surface area contributed by atoms with E-state index in [2.05, 4.69) is 34.2 Å². The highest BCUT2D eigenvalue weighted by molar-refractivity contribution is 8.02. The Morgan fingerprint density at radius 3 is 2.55 bits per heavy atom. The van der Waals surface area contributed by atoms with Crippen LogP contribution in [0.4, 0.5) is 0 Å². The van der Waals surface area contributed by atoms with Crippen LogP contribution in [0, 0.1) is 6.92 Å². The largest absolute Gasteiger partial charge is 0.338 e. The number of rotatable bonds is 6. The number of aromatic nitrogens is 4. The molecule has 0 aliphatic carbocycles. The molecule has 1 aromatic carbocycles. The van der Waals surface area contributed by atoms with E-state index in [9.17, 15) is 0 Å². The molecular formula is C14H14N4OS3. The van der Waals surface area contributed by atoms with Crippen molar-refractivity contribution in [3.8, 4) is 11.4 Å². The van der Waals surface area contributed by atoms with Crippen LogP contribution >= 0.6 is 34.9 Å². The fraction of sp³-hybridized carbons (Fsp3) is 0.286. The van der Waals surface area contributed by atoms with Crippen LogP contribution in [0.15, 0.2) is 37.5 Å². The first-order valence-electron chi connectivity index (χ1n) is 6.73. The fourth-order valence-electron chi connectivity index (χ4n) is 1.69. The number of nitrogens with zero attached hydrogens (tertiary/aromatic N) is 4. The standard InChI is InChI=1S/C14H14N4OS3/c1-3-20-13-16-17-14(22-13)21-8-11-15-12(18-19-11)10-6-4-9(2)5-7-10/h4-7H,3,8H2,1-2H3. The molecule has 0 aliphatic heterocycles. The quantitative estimate of drug-likeness (QED) is 0.614. The Morgan fingerprint density at radius 1 is 1.09 bits per heavy atom. The van der Waals surface area contributed by atoms with Crippen LogP contribution in [-0.2, 0) is 5.75 Å². The van der Waals surface area contributed by atoms with E-state index >= 15 is 0 Å². The van der Waals surface area contributed by atoms with Crippen molar-refractivity contribution in [2.24, 2.45) is 0 Å². The SMILES string of the molecule is CCSc1nnc(SCc2nc(-c3ccc(C)cc3)no2)s1. The Labute approximate surface area is 140 Å². The average molecular weight is 350 g/mol. The second-order valence-corrected chi connectivity index (χ2v) is 8.14. The number of thioether (sulfide) groups is 2. The summed E-state index contributed by atoms with van der Waals surface area (Å²) in [4.78, 5) is 4.42. The van der Waals surface area contributed by atoms with Gasteiger partial charge in [-0.05, 0) is 12.7 Å². The summed E-state index contributed by atoms with van der Waals surface area (Å²) in [5, 5.41) is 12.3. The van der Waals surface area contributed by atoms with E-state index in [1.807, 2.05) is 24.3 Å². The van der Waals surface area contributed by atoms with Gasteiger partial charge < -0.3 is 4.52 Å². The van der Waals surface area contributed by atoms with E-state index in [0.29, 0.717) is 17.5 Å². The van der Waals surface area contributed by atoms with Crippen LogP contribution in [0.25, 0.3) is 11.4 Å². The Bertz CT molecular complexity index is 739. The maximum Gasteiger partial charge on any atom is 0.237 e.